The van der Waals surface area contributed by atoms with E-state index in [2.05, 4.69) is 6.58 Å². The van der Waals surface area contributed by atoms with Gasteiger partial charge in [-0.05, 0) is 25.7 Å². The second-order valence-electron chi connectivity index (χ2n) is 5.35. The zero-order valence-corrected chi connectivity index (χ0v) is 11.1. The number of amides is 1. The first-order valence-electron chi connectivity index (χ1n) is 6.71. The topological polar surface area (TPSA) is 46.3 Å². The highest BCUT2D eigenvalue weighted by atomic mass is 16.2. The van der Waals surface area contributed by atoms with Gasteiger partial charge in [0.25, 0.3) is 0 Å². The summed E-state index contributed by atoms with van der Waals surface area (Å²) in [6.45, 7) is 4.49. The fraction of sp³-hybridized carbons (Fsp3) is 0.786. The van der Waals surface area contributed by atoms with Crippen molar-refractivity contribution in [3.63, 3.8) is 0 Å². The summed E-state index contributed by atoms with van der Waals surface area (Å²) in [6, 6.07) is 0. The number of unbranched alkanes of at least 4 members (excludes halogenated alkanes) is 1. The van der Waals surface area contributed by atoms with Crippen LogP contribution in [-0.2, 0) is 4.79 Å². The second-order valence-corrected chi connectivity index (χ2v) is 5.35. The van der Waals surface area contributed by atoms with Crippen LogP contribution in [0, 0.1) is 0 Å². The lowest BCUT2D eigenvalue weighted by Crippen LogP contribution is -2.46. The van der Waals surface area contributed by atoms with Crippen LogP contribution in [0.4, 0.5) is 0 Å². The molecule has 1 fully saturated rings. The summed E-state index contributed by atoms with van der Waals surface area (Å²) in [5.74, 6) is 0.193. The van der Waals surface area contributed by atoms with Crippen LogP contribution in [0.1, 0.15) is 51.4 Å². The maximum Gasteiger partial charge on any atom is 0.224 e. The summed E-state index contributed by atoms with van der Waals surface area (Å²) in [6.07, 6.45) is 9.96. The molecule has 2 N–H and O–H groups in total. The Balaban J connectivity index is 2.33. The number of nitrogens with zero attached hydrogens (tertiary/aromatic N) is 1. The second kappa shape index (κ2) is 6.80. The average Bonchev–Trinajstić information content (AvgIpc) is 2.29. The van der Waals surface area contributed by atoms with Gasteiger partial charge >= 0.3 is 0 Å². The molecule has 1 amide bonds. The van der Waals surface area contributed by atoms with Crippen LogP contribution in [0.5, 0.6) is 0 Å². The SMILES string of the molecule is C=CCCCN(C)C(=O)CC1(N)CCCCC1. The number of carbonyl (C=O) groups is 1. The molecule has 0 heterocycles. The molecule has 0 bridgehead atoms. The zero-order valence-electron chi connectivity index (χ0n) is 11.1. The minimum atomic E-state index is -0.234. The van der Waals surface area contributed by atoms with Gasteiger partial charge in [-0.25, -0.2) is 0 Å². The van der Waals surface area contributed by atoms with Crippen molar-refractivity contribution >= 4 is 5.91 Å². The molecular weight excluding hydrogens is 212 g/mol. The van der Waals surface area contributed by atoms with Gasteiger partial charge in [0.05, 0.1) is 0 Å². The maximum atomic E-state index is 12.0. The van der Waals surface area contributed by atoms with E-state index < -0.39 is 0 Å². The molecule has 0 unspecified atom stereocenters. The Hall–Kier alpha value is -0.830. The standard InChI is InChI=1S/C14H26N2O/c1-3-4-8-11-16(2)13(17)12-14(15)9-6-5-7-10-14/h3H,1,4-12,15H2,2H3. The first-order valence-corrected chi connectivity index (χ1v) is 6.71. The van der Waals surface area contributed by atoms with Gasteiger partial charge in [-0.2, -0.15) is 0 Å². The van der Waals surface area contributed by atoms with E-state index in [1.165, 1.54) is 19.3 Å². The van der Waals surface area contributed by atoms with E-state index in [1.807, 2.05) is 18.0 Å². The lowest BCUT2D eigenvalue weighted by atomic mass is 9.80. The lowest BCUT2D eigenvalue weighted by molar-refractivity contribution is -0.131. The molecule has 1 rings (SSSR count). The van der Waals surface area contributed by atoms with E-state index in [0.29, 0.717) is 6.42 Å². The van der Waals surface area contributed by atoms with Crippen LogP contribution in [0.2, 0.25) is 0 Å². The van der Waals surface area contributed by atoms with Crippen LogP contribution in [-0.4, -0.2) is 29.9 Å². The van der Waals surface area contributed by atoms with Gasteiger partial charge in [0.15, 0.2) is 0 Å². The Bertz CT molecular complexity index is 257. The van der Waals surface area contributed by atoms with Crippen molar-refractivity contribution in [3.05, 3.63) is 12.7 Å². The Labute approximate surface area is 105 Å². The molecule has 0 saturated heterocycles. The fourth-order valence-electron chi connectivity index (χ4n) is 2.47. The molecule has 0 aromatic rings. The van der Waals surface area contributed by atoms with Crippen LogP contribution < -0.4 is 5.73 Å². The molecule has 1 aliphatic rings. The van der Waals surface area contributed by atoms with Crippen LogP contribution >= 0.6 is 0 Å². The normalized spacial score (nSPS) is 18.7. The molecule has 0 aliphatic heterocycles. The van der Waals surface area contributed by atoms with Crippen molar-refractivity contribution in [3.8, 4) is 0 Å². The van der Waals surface area contributed by atoms with Crippen molar-refractivity contribution in [2.24, 2.45) is 5.73 Å². The van der Waals surface area contributed by atoms with Crippen LogP contribution in [0.25, 0.3) is 0 Å². The van der Waals surface area contributed by atoms with E-state index in [1.54, 1.807) is 0 Å². The monoisotopic (exact) mass is 238 g/mol. The summed E-state index contributed by atoms with van der Waals surface area (Å²) >= 11 is 0. The fourth-order valence-corrected chi connectivity index (χ4v) is 2.47. The zero-order chi connectivity index (χ0) is 12.7. The third kappa shape index (κ3) is 4.90. The molecule has 0 atom stereocenters. The average molecular weight is 238 g/mol. The van der Waals surface area contributed by atoms with Gasteiger partial charge in [0.1, 0.15) is 0 Å². The maximum absolute atomic E-state index is 12.0. The van der Waals surface area contributed by atoms with Crippen molar-refractivity contribution in [1.82, 2.24) is 4.90 Å². The first kappa shape index (κ1) is 14.2. The highest BCUT2D eigenvalue weighted by Gasteiger charge is 2.30. The van der Waals surface area contributed by atoms with Gasteiger partial charge in [0.2, 0.25) is 5.91 Å². The number of carbonyl (C=O) groups excluding carboxylic acids is 1. The molecule has 3 heteroatoms. The van der Waals surface area contributed by atoms with Gasteiger partial charge in [-0.1, -0.05) is 25.3 Å². The third-order valence-electron chi connectivity index (χ3n) is 3.68. The van der Waals surface area contributed by atoms with Crippen LogP contribution in [0.15, 0.2) is 12.7 Å². The van der Waals surface area contributed by atoms with Gasteiger partial charge < -0.3 is 10.6 Å². The highest BCUT2D eigenvalue weighted by Crippen LogP contribution is 2.29. The number of rotatable bonds is 6. The van der Waals surface area contributed by atoms with Gasteiger partial charge in [0, 0.05) is 25.6 Å². The van der Waals surface area contributed by atoms with E-state index in [4.69, 9.17) is 5.73 Å². The molecule has 17 heavy (non-hydrogen) atoms. The molecular formula is C14H26N2O. The summed E-state index contributed by atoms with van der Waals surface area (Å²) in [7, 11) is 1.87. The summed E-state index contributed by atoms with van der Waals surface area (Å²) in [4.78, 5) is 13.8. The smallest absolute Gasteiger partial charge is 0.224 e. The molecule has 0 spiro atoms. The number of nitrogens with two attached hydrogens (primary N) is 1. The molecule has 1 saturated carbocycles. The largest absolute Gasteiger partial charge is 0.346 e. The van der Waals surface area contributed by atoms with Gasteiger partial charge in [-0.3, -0.25) is 4.79 Å². The lowest BCUT2D eigenvalue weighted by Gasteiger charge is -2.34. The predicted octanol–water partition coefficient (Wildman–Crippen LogP) is 2.46. The molecule has 0 aromatic heterocycles. The Kier molecular flexibility index (Phi) is 5.69. The minimum Gasteiger partial charge on any atom is -0.346 e. The van der Waals surface area contributed by atoms with Crippen LogP contribution in [0.3, 0.4) is 0 Å². The van der Waals surface area contributed by atoms with E-state index >= 15 is 0 Å². The Morgan fingerprint density at radius 1 is 1.41 bits per heavy atom. The van der Waals surface area contributed by atoms with Crippen molar-refractivity contribution in [2.45, 2.75) is 56.9 Å². The molecule has 0 aromatic carbocycles. The van der Waals surface area contributed by atoms with E-state index in [9.17, 15) is 4.79 Å². The molecule has 0 radical (unpaired) electrons. The quantitative estimate of drug-likeness (QED) is 0.571. The summed E-state index contributed by atoms with van der Waals surface area (Å²) in [5, 5.41) is 0. The predicted molar refractivity (Wildman–Crippen MR) is 71.7 cm³/mol. The van der Waals surface area contributed by atoms with E-state index in [0.717, 1.165) is 32.2 Å². The minimum absolute atomic E-state index is 0.193. The first-order chi connectivity index (χ1) is 8.07. The van der Waals surface area contributed by atoms with Crippen molar-refractivity contribution in [2.75, 3.05) is 13.6 Å². The van der Waals surface area contributed by atoms with Crippen molar-refractivity contribution in [1.29, 1.82) is 0 Å². The molecule has 98 valence electrons. The van der Waals surface area contributed by atoms with Crippen molar-refractivity contribution < 1.29 is 4.79 Å². The van der Waals surface area contributed by atoms with Gasteiger partial charge in [-0.15, -0.1) is 6.58 Å². The number of hydrogen-bond donors (Lipinski definition) is 1. The summed E-state index contributed by atoms with van der Waals surface area (Å²) < 4.78 is 0. The molecule has 1 aliphatic carbocycles. The highest BCUT2D eigenvalue weighted by molar-refractivity contribution is 5.77. The number of allylic oxidation sites excluding steroid dienone is 1. The third-order valence-corrected chi connectivity index (χ3v) is 3.68. The molecule has 3 nitrogen and oxygen atoms in total. The Morgan fingerprint density at radius 3 is 2.65 bits per heavy atom. The van der Waals surface area contributed by atoms with E-state index in [-0.39, 0.29) is 11.4 Å². The number of hydrogen-bond acceptors (Lipinski definition) is 2. The summed E-state index contributed by atoms with van der Waals surface area (Å²) in [5.41, 5.74) is 6.05. The Morgan fingerprint density at radius 2 is 2.06 bits per heavy atom.